The van der Waals surface area contributed by atoms with Crippen molar-refractivity contribution < 1.29 is 14.6 Å². The fraction of sp³-hybridized carbons (Fsp3) is 0.400. The predicted octanol–water partition coefficient (Wildman–Crippen LogP) is 3.03. The summed E-state index contributed by atoms with van der Waals surface area (Å²) in [5.41, 5.74) is 2.28. The average molecular weight is 342 g/mol. The number of hydrogen-bond acceptors (Lipinski definition) is 5. The minimum absolute atomic E-state index is 0.187. The lowest BCUT2D eigenvalue weighted by molar-refractivity contribution is 0.373. The van der Waals surface area contributed by atoms with Crippen molar-refractivity contribution in [1.82, 2.24) is 5.32 Å². The minimum Gasteiger partial charge on any atom is -0.504 e. The Morgan fingerprint density at radius 3 is 2.80 bits per heavy atom. The maximum Gasteiger partial charge on any atom is 0.160 e. The Balaban J connectivity index is 1.48. The standard InChI is InChI=1S/C20H26N2O3/c1-24-18-5-3-4-17(11-18)22-9-8-16(14-22)13-21-12-15-6-7-20(25-2)19(23)10-15/h3-7,10-11,16,21,23H,8-9,12-14H2,1-2H3. The van der Waals surface area contributed by atoms with Crippen LogP contribution < -0.4 is 19.7 Å². The third-order valence-electron chi connectivity index (χ3n) is 4.71. The summed E-state index contributed by atoms with van der Waals surface area (Å²) >= 11 is 0. The first-order valence-corrected chi connectivity index (χ1v) is 8.65. The molecule has 0 radical (unpaired) electrons. The summed E-state index contributed by atoms with van der Waals surface area (Å²) in [6, 6.07) is 13.8. The van der Waals surface area contributed by atoms with Crippen LogP contribution in [0.3, 0.4) is 0 Å². The van der Waals surface area contributed by atoms with Gasteiger partial charge in [-0.3, -0.25) is 0 Å². The molecule has 1 fully saturated rings. The molecule has 0 spiro atoms. The van der Waals surface area contributed by atoms with E-state index in [2.05, 4.69) is 22.3 Å². The van der Waals surface area contributed by atoms with Crippen molar-refractivity contribution in [3.05, 3.63) is 48.0 Å². The molecule has 5 heteroatoms. The zero-order valence-electron chi connectivity index (χ0n) is 14.9. The molecule has 0 aliphatic carbocycles. The maximum absolute atomic E-state index is 9.84. The van der Waals surface area contributed by atoms with E-state index < -0.39 is 0 Å². The highest BCUT2D eigenvalue weighted by molar-refractivity contribution is 5.51. The van der Waals surface area contributed by atoms with Crippen LogP contribution in [0.25, 0.3) is 0 Å². The van der Waals surface area contributed by atoms with Crippen LogP contribution >= 0.6 is 0 Å². The monoisotopic (exact) mass is 342 g/mol. The molecular formula is C20H26N2O3. The molecule has 1 aliphatic rings. The molecule has 0 bridgehead atoms. The maximum atomic E-state index is 9.84. The first-order valence-electron chi connectivity index (χ1n) is 8.65. The lowest BCUT2D eigenvalue weighted by atomic mass is 10.1. The Hall–Kier alpha value is -2.40. The SMILES string of the molecule is COc1cccc(N2CCC(CNCc3ccc(OC)c(O)c3)C2)c1. The van der Waals surface area contributed by atoms with Crippen LogP contribution in [0.15, 0.2) is 42.5 Å². The van der Waals surface area contributed by atoms with Crippen molar-refractivity contribution in [2.24, 2.45) is 5.92 Å². The van der Waals surface area contributed by atoms with E-state index in [1.807, 2.05) is 18.2 Å². The number of hydrogen-bond donors (Lipinski definition) is 2. The van der Waals surface area contributed by atoms with Crippen molar-refractivity contribution in [2.75, 3.05) is 38.8 Å². The lowest BCUT2D eigenvalue weighted by Gasteiger charge is -2.19. The fourth-order valence-corrected chi connectivity index (χ4v) is 3.31. The quantitative estimate of drug-likeness (QED) is 0.810. The summed E-state index contributed by atoms with van der Waals surface area (Å²) in [5, 5.41) is 13.3. The number of nitrogens with zero attached hydrogens (tertiary/aromatic N) is 1. The van der Waals surface area contributed by atoms with E-state index in [0.29, 0.717) is 11.7 Å². The van der Waals surface area contributed by atoms with Gasteiger partial charge >= 0.3 is 0 Å². The van der Waals surface area contributed by atoms with Gasteiger partial charge in [0.05, 0.1) is 14.2 Å². The number of rotatable bonds is 7. The normalized spacial score (nSPS) is 16.9. The molecule has 0 amide bonds. The van der Waals surface area contributed by atoms with E-state index >= 15 is 0 Å². The minimum atomic E-state index is 0.187. The highest BCUT2D eigenvalue weighted by Crippen LogP contribution is 2.27. The van der Waals surface area contributed by atoms with E-state index in [1.54, 1.807) is 26.4 Å². The van der Waals surface area contributed by atoms with Gasteiger partial charge < -0.3 is 24.8 Å². The van der Waals surface area contributed by atoms with E-state index in [9.17, 15) is 5.11 Å². The number of phenolic OH excluding ortho intramolecular Hbond substituents is 1. The average Bonchev–Trinajstić information content (AvgIpc) is 3.11. The van der Waals surface area contributed by atoms with Crippen LogP contribution in [0, 0.1) is 5.92 Å². The molecule has 1 aliphatic heterocycles. The van der Waals surface area contributed by atoms with E-state index in [-0.39, 0.29) is 5.75 Å². The molecule has 1 atom stereocenters. The first kappa shape index (κ1) is 17.4. The summed E-state index contributed by atoms with van der Waals surface area (Å²) in [6.07, 6.45) is 1.18. The summed E-state index contributed by atoms with van der Waals surface area (Å²) < 4.78 is 10.4. The van der Waals surface area contributed by atoms with Gasteiger partial charge in [0.1, 0.15) is 5.75 Å². The van der Waals surface area contributed by atoms with Crippen molar-refractivity contribution in [1.29, 1.82) is 0 Å². The molecular weight excluding hydrogens is 316 g/mol. The second-order valence-electron chi connectivity index (χ2n) is 6.44. The van der Waals surface area contributed by atoms with E-state index in [4.69, 9.17) is 9.47 Å². The van der Waals surface area contributed by atoms with Crippen molar-refractivity contribution >= 4 is 5.69 Å². The second kappa shape index (κ2) is 8.12. The van der Waals surface area contributed by atoms with Gasteiger partial charge in [-0.25, -0.2) is 0 Å². The molecule has 0 saturated carbocycles. The first-order chi connectivity index (χ1) is 12.2. The van der Waals surface area contributed by atoms with Crippen molar-refractivity contribution in [3.8, 4) is 17.2 Å². The van der Waals surface area contributed by atoms with Crippen LogP contribution in [0.2, 0.25) is 0 Å². The largest absolute Gasteiger partial charge is 0.504 e. The number of aromatic hydroxyl groups is 1. The van der Waals surface area contributed by atoms with Gasteiger partial charge in [-0.15, -0.1) is 0 Å². The van der Waals surface area contributed by atoms with Crippen molar-refractivity contribution in [3.63, 3.8) is 0 Å². The van der Waals surface area contributed by atoms with Gasteiger partial charge in [0.15, 0.2) is 11.5 Å². The number of phenols is 1. The number of ether oxygens (including phenoxy) is 2. The third kappa shape index (κ3) is 4.37. The molecule has 2 aromatic rings. The van der Waals surface area contributed by atoms with Crippen LogP contribution in [0.1, 0.15) is 12.0 Å². The molecule has 5 nitrogen and oxygen atoms in total. The van der Waals surface area contributed by atoms with Gasteiger partial charge in [0.2, 0.25) is 0 Å². The Morgan fingerprint density at radius 1 is 1.16 bits per heavy atom. The van der Waals surface area contributed by atoms with Gasteiger partial charge in [-0.1, -0.05) is 12.1 Å². The van der Waals surface area contributed by atoms with Crippen LogP contribution in [0.5, 0.6) is 17.2 Å². The smallest absolute Gasteiger partial charge is 0.160 e. The summed E-state index contributed by atoms with van der Waals surface area (Å²) in [6.45, 7) is 3.83. The molecule has 3 rings (SSSR count). The van der Waals surface area contributed by atoms with Gasteiger partial charge in [0, 0.05) is 37.9 Å². The van der Waals surface area contributed by atoms with Crippen LogP contribution in [0.4, 0.5) is 5.69 Å². The molecule has 2 aromatic carbocycles. The van der Waals surface area contributed by atoms with Gasteiger partial charge in [0.25, 0.3) is 0 Å². The molecule has 134 valence electrons. The topological polar surface area (TPSA) is 54.0 Å². The Kier molecular flexibility index (Phi) is 5.66. The molecule has 25 heavy (non-hydrogen) atoms. The number of nitrogens with one attached hydrogen (secondary N) is 1. The zero-order valence-corrected chi connectivity index (χ0v) is 14.9. The Labute approximate surface area is 149 Å². The molecule has 1 heterocycles. The summed E-state index contributed by atoms with van der Waals surface area (Å²) in [4.78, 5) is 2.41. The van der Waals surface area contributed by atoms with Crippen molar-refractivity contribution in [2.45, 2.75) is 13.0 Å². The molecule has 1 unspecified atom stereocenters. The van der Waals surface area contributed by atoms with Crippen LogP contribution in [-0.2, 0) is 6.54 Å². The lowest BCUT2D eigenvalue weighted by Crippen LogP contribution is -2.26. The summed E-state index contributed by atoms with van der Waals surface area (Å²) in [5.74, 6) is 2.22. The van der Waals surface area contributed by atoms with Gasteiger partial charge in [-0.05, 0) is 42.2 Å². The molecule has 1 saturated heterocycles. The zero-order chi connectivity index (χ0) is 17.6. The Bertz CT molecular complexity index is 705. The summed E-state index contributed by atoms with van der Waals surface area (Å²) in [7, 11) is 3.26. The Morgan fingerprint density at radius 2 is 2.04 bits per heavy atom. The number of benzene rings is 2. The van der Waals surface area contributed by atoms with Gasteiger partial charge in [-0.2, -0.15) is 0 Å². The molecule has 2 N–H and O–H groups in total. The molecule has 0 aromatic heterocycles. The van der Waals surface area contributed by atoms with Crippen LogP contribution in [-0.4, -0.2) is 39.0 Å². The highest BCUT2D eigenvalue weighted by Gasteiger charge is 2.22. The van der Waals surface area contributed by atoms with E-state index in [1.165, 1.54) is 12.1 Å². The fourth-order valence-electron chi connectivity index (χ4n) is 3.31. The number of methoxy groups -OCH3 is 2. The predicted molar refractivity (Wildman–Crippen MR) is 99.7 cm³/mol. The third-order valence-corrected chi connectivity index (χ3v) is 4.71. The highest BCUT2D eigenvalue weighted by atomic mass is 16.5. The second-order valence-corrected chi connectivity index (χ2v) is 6.44. The van der Waals surface area contributed by atoms with E-state index in [0.717, 1.165) is 37.5 Å². The number of anilines is 1.